The summed E-state index contributed by atoms with van der Waals surface area (Å²) in [5.41, 5.74) is 3.30. The summed E-state index contributed by atoms with van der Waals surface area (Å²) in [5, 5.41) is 16.2. The molecule has 0 bridgehead atoms. The van der Waals surface area contributed by atoms with Crippen molar-refractivity contribution in [3.8, 4) is 5.75 Å². The smallest absolute Gasteiger partial charge is 0.261 e. The Morgan fingerprint density at radius 1 is 0.872 bits per heavy atom. The minimum Gasteiger partial charge on any atom is -0.490 e. The molecule has 5 aromatic rings. The van der Waals surface area contributed by atoms with Gasteiger partial charge in [-0.05, 0) is 68.3 Å². The lowest BCUT2D eigenvalue weighted by molar-refractivity contribution is 0.0996. The zero-order chi connectivity index (χ0) is 27.5. The van der Waals surface area contributed by atoms with E-state index in [0.29, 0.717) is 18.7 Å². The van der Waals surface area contributed by atoms with Crippen molar-refractivity contribution < 1.29 is 18.3 Å². The lowest BCUT2D eigenvalue weighted by Crippen LogP contribution is -2.46. The van der Waals surface area contributed by atoms with Crippen molar-refractivity contribution in [3.05, 3.63) is 103 Å². The number of hydrogen-bond donors (Lipinski definition) is 4. The van der Waals surface area contributed by atoms with Gasteiger partial charge in [0.2, 0.25) is 0 Å². The van der Waals surface area contributed by atoms with Gasteiger partial charge < -0.3 is 20.1 Å². The van der Waals surface area contributed by atoms with Crippen LogP contribution in [0.5, 0.6) is 5.75 Å². The number of sulfonamides is 1. The van der Waals surface area contributed by atoms with Crippen LogP contribution in [-0.2, 0) is 16.4 Å². The minimum atomic E-state index is -3.63. The number of benzene rings is 4. The molecule has 0 aliphatic carbocycles. The maximum Gasteiger partial charge on any atom is 0.261 e. The number of fused-ring (bicyclic) bond motifs is 3. The molecule has 0 saturated carbocycles. The van der Waals surface area contributed by atoms with Crippen LogP contribution < -0.4 is 14.8 Å². The molecule has 1 atom stereocenters. The third-order valence-corrected chi connectivity index (χ3v) is 8.04. The van der Waals surface area contributed by atoms with Crippen LogP contribution in [0, 0.1) is 0 Å². The first-order valence-corrected chi connectivity index (χ1v) is 14.4. The van der Waals surface area contributed by atoms with Crippen molar-refractivity contribution in [1.29, 1.82) is 0 Å². The highest BCUT2D eigenvalue weighted by atomic mass is 32.2. The molecule has 1 heterocycles. The van der Waals surface area contributed by atoms with Gasteiger partial charge in [-0.3, -0.25) is 4.72 Å². The predicted molar refractivity (Wildman–Crippen MR) is 157 cm³/mol. The number of hydrogen-bond acceptors (Lipinski definition) is 5. The molecule has 0 aliphatic rings. The van der Waals surface area contributed by atoms with Crippen LogP contribution in [0.15, 0.2) is 102 Å². The van der Waals surface area contributed by atoms with E-state index in [-0.39, 0.29) is 17.0 Å². The number of H-pyrrole nitrogens is 1. The second-order valence-corrected chi connectivity index (χ2v) is 12.1. The van der Waals surface area contributed by atoms with Gasteiger partial charge in [-0.2, -0.15) is 0 Å². The van der Waals surface area contributed by atoms with E-state index in [0.717, 1.165) is 33.1 Å². The quantitative estimate of drug-likeness (QED) is 0.177. The number of aromatic nitrogens is 1. The van der Waals surface area contributed by atoms with Gasteiger partial charge in [-0.25, -0.2) is 8.42 Å². The number of β-amino-alcohol motifs (C(OH)–C–C–N with tert-alkyl or cyclic N) is 1. The van der Waals surface area contributed by atoms with E-state index in [1.165, 1.54) is 0 Å². The molecule has 8 heteroatoms. The summed E-state index contributed by atoms with van der Waals surface area (Å²) < 4.78 is 33.8. The van der Waals surface area contributed by atoms with Gasteiger partial charge in [-0.1, -0.05) is 54.6 Å². The summed E-state index contributed by atoms with van der Waals surface area (Å²) in [6, 6.07) is 29.6. The molecule has 5 rings (SSSR count). The topological polar surface area (TPSA) is 103 Å². The summed E-state index contributed by atoms with van der Waals surface area (Å²) in [5.74, 6) is 0.742. The van der Waals surface area contributed by atoms with Crippen LogP contribution in [0.4, 0.5) is 5.69 Å². The highest BCUT2D eigenvalue weighted by Gasteiger charge is 2.20. The zero-order valence-electron chi connectivity index (χ0n) is 22.0. The molecule has 4 N–H and O–H groups in total. The fourth-order valence-electron chi connectivity index (χ4n) is 4.70. The Kier molecular flexibility index (Phi) is 7.61. The second-order valence-electron chi connectivity index (χ2n) is 10.4. The Morgan fingerprint density at radius 3 is 2.33 bits per heavy atom. The number of rotatable bonds is 11. The first kappa shape index (κ1) is 26.7. The van der Waals surface area contributed by atoms with Gasteiger partial charge in [-0.15, -0.1) is 0 Å². The molecule has 0 amide bonds. The van der Waals surface area contributed by atoms with E-state index in [2.05, 4.69) is 34.9 Å². The Balaban J connectivity index is 1.14. The Bertz CT molecular complexity index is 1660. The first-order valence-electron chi connectivity index (χ1n) is 12.9. The molecule has 202 valence electrons. The summed E-state index contributed by atoms with van der Waals surface area (Å²) >= 11 is 0. The number of ether oxygens (including phenoxy) is 1. The van der Waals surface area contributed by atoms with Gasteiger partial charge in [0.15, 0.2) is 0 Å². The van der Waals surface area contributed by atoms with Crippen molar-refractivity contribution in [2.75, 3.05) is 17.9 Å². The SMILES string of the molecule is CC(C)(Cc1ccc(NS(=O)(=O)c2ccccc2)cc1)NCC(O)COc1cccc2[nH]c3ccccc3c12. The molecule has 0 spiro atoms. The summed E-state index contributed by atoms with van der Waals surface area (Å²) in [6.07, 6.45) is 0.000475. The third kappa shape index (κ3) is 6.42. The summed E-state index contributed by atoms with van der Waals surface area (Å²) in [7, 11) is -3.63. The number of para-hydroxylation sites is 1. The monoisotopic (exact) mass is 543 g/mol. The van der Waals surface area contributed by atoms with Gasteiger partial charge in [0.25, 0.3) is 10.0 Å². The molecule has 1 unspecified atom stereocenters. The molecule has 7 nitrogen and oxygen atoms in total. The fourth-order valence-corrected chi connectivity index (χ4v) is 5.78. The minimum absolute atomic E-state index is 0.165. The van der Waals surface area contributed by atoms with Gasteiger partial charge in [0.1, 0.15) is 18.5 Å². The summed E-state index contributed by atoms with van der Waals surface area (Å²) in [6.45, 7) is 4.67. The molecule has 1 aromatic heterocycles. The van der Waals surface area contributed by atoms with Crippen molar-refractivity contribution in [2.24, 2.45) is 0 Å². The largest absolute Gasteiger partial charge is 0.490 e. The highest BCUT2D eigenvalue weighted by Crippen LogP contribution is 2.33. The van der Waals surface area contributed by atoms with Crippen LogP contribution in [0.3, 0.4) is 0 Å². The molecule has 0 saturated heterocycles. The van der Waals surface area contributed by atoms with Crippen LogP contribution in [0.2, 0.25) is 0 Å². The maximum absolute atomic E-state index is 12.6. The van der Waals surface area contributed by atoms with Crippen LogP contribution >= 0.6 is 0 Å². The fraction of sp³-hybridized carbons (Fsp3) is 0.226. The van der Waals surface area contributed by atoms with E-state index in [1.807, 2.05) is 48.5 Å². The van der Waals surface area contributed by atoms with Gasteiger partial charge in [0, 0.05) is 34.1 Å². The lowest BCUT2D eigenvalue weighted by Gasteiger charge is -2.28. The zero-order valence-corrected chi connectivity index (χ0v) is 22.8. The van der Waals surface area contributed by atoms with Crippen LogP contribution in [0.1, 0.15) is 19.4 Å². The van der Waals surface area contributed by atoms with Crippen molar-refractivity contribution in [1.82, 2.24) is 10.3 Å². The average Bonchev–Trinajstić information content (AvgIpc) is 3.31. The lowest BCUT2D eigenvalue weighted by atomic mass is 9.94. The van der Waals surface area contributed by atoms with E-state index in [4.69, 9.17) is 4.74 Å². The predicted octanol–water partition coefficient (Wildman–Crippen LogP) is 5.47. The van der Waals surface area contributed by atoms with Crippen molar-refractivity contribution in [3.63, 3.8) is 0 Å². The van der Waals surface area contributed by atoms with E-state index < -0.39 is 16.1 Å². The maximum atomic E-state index is 12.6. The van der Waals surface area contributed by atoms with Crippen LogP contribution in [0.25, 0.3) is 21.8 Å². The molecule has 0 fully saturated rings. The molecule has 0 radical (unpaired) electrons. The highest BCUT2D eigenvalue weighted by molar-refractivity contribution is 7.92. The Morgan fingerprint density at radius 2 is 1.56 bits per heavy atom. The molecule has 39 heavy (non-hydrogen) atoms. The van der Waals surface area contributed by atoms with Gasteiger partial charge in [0.05, 0.1) is 10.4 Å². The molecule has 0 aliphatic heterocycles. The number of aliphatic hydroxyl groups is 1. The number of anilines is 1. The van der Waals surface area contributed by atoms with E-state index >= 15 is 0 Å². The van der Waals surface area contributed by atoms with Crippen molar-refractivity contribution >= 4 is 37.5 Å². The third-order valence-electron chi connectivity index (χ3n) is 6.65. The van der Waals surface area contributed by atoms with Crippen LogP contribution in [-0.4, -0.2) is 43.3 Å². The average molecular weight is 544 g/mol. The van der Waals surface area contributed by atoms with E-state index in [9.17, 15) is 13.5 Å². The molecular weight excluding hydrogens is 510 g/mol. The van der Waals surface area contributed by atoms with E-state index in [1.54, 1.807) is 42.5 Å². The second kappa shape index (κ2) is 11.1. The summed E-state index contributed by atoms with van der Waals surface area (Å²) in [4.78, 5) is 3.63. The number of aliphatic hydroxyl groups excluding tert-OH is 1. The van der Waals surface area contributed by atoms with Gasteiger partial charge >= 0.3 is 0 Å². The normalized spacial score (nSPS) is 13.0. The standard InChI is InChI=1S/C31H33N3O4S/c1-31(2,19-22-15-17-23(18-16-22)34-39(36,37)25-9-4-3-5-10-25)32-20-24(35)21-38-29-14-8-13-28-30(29)26-11-6-7-12-27(26)33-28/h3-18,24,32-35H,19-21H2,1-2H3. The number of aromatic amines is 1. The number of nitrogens with one attached hydrogen (secondary N) is 3. The van der Waals surface area contributed by atoms with Crippen molar-refractivity contribution in [2.45, 2.75) is 36.8 Å². The molecular formula is C31H33N3O4S. The first-order chi connectivity index (χ1) is 18.7. The Labute approximate surface area is 228 Å². The Hall–Kier alpha value is -3.85. The molecule has 4 aromatic carbocycles.